The molecule has 0 aromatic heterocycles. The fourth-order valence-corrected chi connectivity index (χ4v) is 1.19. The summed E-state index contributed by atoms with van der Waals surface area (Å²) in [5, 5.41) is 4.59. The molecule has 0 aliphatic rings. The van der Waals surface area contributed by atoms with E-state index in [1.165, 1.54) is 12.1 Å². The Hall–Kier alpha value is -2.11. The molecule has 0 aliphatic heterocycles. The van der Waals surface area contributed by atoms with Gasteiger partial charge in [0.25, 0.3) is 0 Å². The molecule has 1 aromatic rings. The normalized spacial score (nSPS) is 10.7. The zero-order valence-electron chi connectivity index (χ0n) is 10.4. The lowest BCUT2D eigenvalue weighted by molar-refractivity contribution is -0.105. The van der Waals surface area contributed by atoms with E-state index in [4.69, 9.17) is 4.74 Å². The summed E-state index contributed by atoms with van der Waals surface area (Å²) in [4.78, 5) is 21.6. The SMILES string of the molecule is CC(C)(C)OC(=O)Nc1ccc(NC=O)cc1F. The molecule has 0 bridgehead atoms. The van der Waals surface area contributed by atoms with Crippen molar-refractivity contribution >= 4 is 23.9 Å². The minimum absolute atomic E-state index is 0.0132. The molecule has 1 rings (SSSR count). The molecule has 6 heteroatoms. The summed E-state index contributed by atoms with van der Waals surface area (Å²) in [5.41, 5.74) is -0.363. The molecular weight excluding hydrogens is 239 g/mol. The zero-order chi connectivity index (χ0) is 13.8. The van der Waals surface area contributed by atoms with E-state index >= 15 is 0 Å². The highest BCUT2D eigenvalue weighted by molar-refractivity contribution is 5.85. The van der Waals surface area contributed by atoms with Gasteiger partial charge in [0.15, 0.2) is 0 Å². The maximum Gasteiger partial charge on any atom is 0.412 e. The Kier molecular flexibility index (Phi) is 4.25. The topological polar surface area (TPSA) is 67.4 Å². The third-order valence-corrected chi connectivity index (χ3v) is 1.83. The fraction of sp³-hybridized carbons (Fsp3) is 0.333. The monoisotopic (exact) mass is 254 g/mol. The van der Waals surface area contributed by atoms with Crippen molar-refractivity contribution in [1.29, 1.82) is 0 Å². The highest BCUT2D eigenvalue weighted by Gasteiger charge is 2.17. The highest BCUT2D eigenvalue weighted by Crippen LogP contribution is 2.19. The number of carbonyl (C=O) groups is 2. The standard InChI is InChI=1S/C12H15FN2O3/c1-12(2,3)18-11(17)15-10-5-4-8(14-7-16)6-9(10)13/h4-7H,1-3H3,(H,14,16)(H,15,17). The van der Waals surface area contributed by atoms with Gasteiger partial charge in [0.2, 0.25) is 6.41 Å². The van der Waals surface area contributed by atoms with Gasteiger partial charge in [-0.05, 0) is 39.0 Å². The Morgan fingerprint density at radius 3 is 2.56 bits per heavy atom. The predicted octanol–water partition coefficient (Wildman–Crippen LogP) is 2.74. The maximum atomic E-state index is 13.5. The average molecular weight is 254 g/mol. The molecule has 0 heterocycles. The first kappa shape index (κ1) is 14.0. The van der Waals surface area contributed by atoms with E-state index in [0.29, 0.717) is 12.1 Å². The minimum Gasteiger partial charge on any atom is -0.444 e. The van der Waals surface area contributed by atoms with Gasteiger partial charge < -0.3 is 10.1 Å². The van der Waals surface area contributed by atoms with E-state index < -0.39 is 17.5 Å². The molecule has 0 saturated heterocycles. The molecule has 0 unspecified atom stereocenters. The molecule has 0 fully saturated rings. The fourth-order valence-electron chi connectivity index (χ4n) is 1.19. The largest absolute Gasteiger partial charge is 0.444 e. The van der Waals surface area contributed by atoms with Crippen molar-refractivity contribution in [3.8, 4) is 0 Å². The van der Waals surface area contributed by atoms with Crippen molar-refractivity contribution in [2.24, 2.45) is 0 Å². The number of halogens is 1. The zero-order valence-corrected chi connectivity index (χ0v) is 10.4. The highest BCUT2D eigenvalue weighted by atomic mass is 19.1. The summed E-state index contributed by atoms with van der Waals surface area (Å²) in [7, 11) is 0. The van der Waals surface area contributed by atoms with E-state index in [1.54, 1.807) is 20.8 Å². The van der Waals surface area contributed by atoms with Crippen LogP contribution in [0.5, 0.6) is 0 Å². The van der Waals surface area contributed by atoms with Gasteiger partial charge in [0, 0.05) is 5.69 Å². The van der Waals surface area contributed by atoms with E-state index in [2.05, 4.69) is 10.6 Å². The average Bonchev–Trinajstić information content (AvgIpc) is 2.20. The van der Waals surface area contributed by atoms with Gasteiger partial charge in [0.05, 0.1) is 5.69 Å². The molecule has 18 heavy (non-hydrogen) atoms. The van der Waals surface area contributed by atoms with E-state index in [-0.39, 0.29) is 5.69 Å². The van der Waals surface area contributed by atoms with Crippen molar-refractivity contribution in [3.05, 3.63) is 24.0 Å². The van der Waals surface area contributed by atoms with Gasteiger partial charge in [-0.15, -0.1) is 0 Å². The molecule has 0 spiro atoms. The Bertz CT molecular complexity index is 455. The number of amides is 2. The summed E-state index contributed by atoms with van der Waals surface area (Å²) in [6, 6.07) is 3.90. The predicted molar refractivity (Wildman–Crippen MR) is 65.9 cm³/mol. The number of rotatable bonds is 3. The van der Waals surface area contributed by atoms with Crippen molar-refractivity contribution < 1.29 is 18.7 Å². The van der Waals surface area contributed by atoms with Gasteiger partial charge in [-0.25, -0.2) is 9.18 Å². The van der Waals surface area contributed by atoms with Crippen LogP contribution in [0.25, 0.3) is 0 Å². The van der Waals surface area contributed by atoms with Crippen LogP contribution in [0.4, 0.5) is 20.6 Å². The van der Waals surface area contributed by atoms with E-state index in [9.17, 15) is 14.0 Å². The van der Waals surface area contributed by atoms with Crippen molar-refractivity contribution in [3.63, 3.8) is 0 Å². The number of carbonyl (C=O) groups excluding carboxylic acids is 2. The van der Waals surface area contributed by atoms with E-state index in [1.807, 2.05) is 0 Å². The number of benzene rings is 1. The van der Waals surface area contributed by atoms with Crippen LogP contribution < -0.4 is 10.6 Å². The summed E-state index contributed by atoms with van der Waals surface area (Å²) in [5.74, 6) is -0.660. The molecule has 1 aromatic carbocycles. The first-order chi connectivity index (χ1) is 8.31. The van der Waals surface area contributed by atoms with Crippen LogP contribution in [-0.2, 0) is 9.53 Å². The van der Waals surface area contributed by atoms with Crippen LogP contribution in [0.2, 0.25) is 0 Å². The lowest BCUT2D eigenvalue weighted by atomic mass is 10.2. The lowest BCUT2D eigenvalue weighted by Crippen LogP contribution is -2.27. The smallest absolute Gasteiger partial charge is 0.412 e. The van der Waals surface area contributed by atoms with Gasteiger partial charge in [-0.2, -0.15) is 0 Å². The van der Waals surface area contributed by atoms with Crippen LogP contribution in [0.3, 0.4) is 0 Å². The molecule has 0 radical (unpaired) electrons. The Balaban J connectivity index is 2.73. The molecule has 5 nitrogen and oxygen atoms in total. The second kappa shape index (κ2) is 5.48. The van der Waals surface area contributed by atoms with Gasteiger partial charge >= 0.3 is 6.09 Å². The maximum absolute atomic E-state index is 13.5. The van der Waals surface area contributed by atoms with Crippen LogP contribution in [0.15, 0.2) is 18.2 Å². The molecule has 98 valence electrons. The van der Waals surface area contributed by atoms with Gasteiger partial charge in [0.1, 0.15) is 11.4 Å². The van der Waals surface area contributed by atoms with Crippen molar-refractivity contribution in [2.45, 2.75) is 26.4 Å². The third kappa shape index (κ3) is 4.40. The number of hydrogen-bond acceptors (Lipinski definition) is 3. The second-order valence-electron chi connectivity index (χ2n) is 4.58. The number of hydrogen-bond donors (Lipinski definition) is 2. The molecule has 2 amide bonds. The number of nitrogens with one attached hydrogen (secondary N) is 2. The summed E-state index contributed by atoms with van der Waals surface area (Å²) < 4.78 is 18.5. The van der Waals surface area contributed by atoms with Gasteiger partial charge in [-0.3, -0.25) is 10.1 Å². The summed E-state index contributed by atoms with van der Waals surface area (Å²) >= 11 is 0. The van der Waals surface area contributed by atoms with Crippen LogP contribution in [-0.4, -0.2) is 18.1 Å². The van der Waals surface area contributed by atoms with Crippen LogP contribution >= 0.6 is 0 Å². The Labute approximate surface area is 104 Å². The molecule has 0 saturated carbocycles. The Morgan fingerprint density at radius 2 is 2.06 bits per heavy atom. The first-order valence-electron chi connectivity index (χ1n) is 5.31. The lowest BCUT2D eigenvalue weighted by Gasteiger charge is -2.19. The number of anilines is 2. The van der Waals surface area contributed by atoms with Crippen LogP contribution in [0.1, 0.15) is 20.8 Å². The summed E-state index contributed by atoms with van der Waals surface area (Å²) in [6.07, 6.45) is -0.298. The number of ether oxygens (including phenoxy) is 1. The first-order valence-corrected chi connectivity index (χ1v) is 5.31. The van der Waals surface area contributed by atoms with Crippen molar-refractivity contribution in [2.75, 3.05) is 10.6 Å². The third-order valence-electron chi connectivity index (χ3n) is 1.83. The molecule has 0 atom stereocenters. The molecule has 2 N–H and O–H groups in total. The summed E-state index contributed by atoms with van der Waals surface area (Å²) in [6.45, 7) is 5.13. The van der Waals surface area contributed by atoms with Crippen molar-refractivity contribution in [1.82, 2.24) is 0 Å². The van der Waals surface area contributed by atoms with Gasteiger partial charge in [-0.1, -0.05) is 0 Å². The van der Waals surface area contributed by atoms with E-state index in [0.717, 1.165) is 6.07 Å². The quantitative estimate of drug-likeness (QED) is 0.815. The molecular formula is C12H15FN2O3. The minimum atomic E-state index is -0.738. The second-order valence-corrected chi connectivity index (χ2v) is 4.58. The Morgan fingerprint density at radius 1 is 1.39 bits per heavy atom. The molecule has 0 aliphatic carbocycles. The van der Waals surface area contributed by atoms with Crippen LogP contribution in [0, 0.1) is 5.82 Å².